The van der Waals surface area contributed by atoms with Gasteiger partial charge in [-0.1, -0.05) is 41.9 Å². The molecule has 0 spiro atoms. The summed E-state index contributed by atoms with van der Waals surface area (Å²) in [5.74, 6) is 0.944. The Bertz CT molecular complexity index is 639. The van der Waals surface area contributed by atoms with Crippen molar-refractivity contribution < 1.29 is 4.74 Å². The average molecular weight is 288 g/mol. The summed E-state index contributed by atoms with van der Waals surface area (Å²) >= 11 is 6.40. The summed E-state index contributed by atoms with van der Waals surface area (Å²) in [6.07, 6.45) is 2.09. The topological polar surface area (TPSA) is 35.2 Å². The predicted molar refractivity (Wildman–Crippen MR) is 83.4 cm³/mol. The van der Waals surface area contributed by atoms with Gasteiger partial charge in [-0.2, -0.15) is 0 Å². The van der Waals surface area contributed by atoms with Gasteiger partial charge in [-0.3, -0.25) is 0 Å². The Morgan fingerprint density at radius 3 is 2.85 bits per heavy atom. The molecule has 0 amide bonds. The predicted octanol–water partition coefficient (Wildman–Crippen LogP) is 3.97. The van der Waals surface area contributed by atoms with E-state index in [9.17, 15) is 0 Å². The molecular weight excluding hydrogens is 270 g/mol. The minimum absolute atomic E-state index is 0.105. The highest BCUT2D eigenvalue weighted by Crippen LogP contribution is 2.40. The summed E-state index contributed by atoms with van der Waals surface area (Å²) in [6, 6.07) is 12.4. The van der Waals surface area contributed by atoms with E-state index in [1.54, 1.807) is 0 Å². The summed E-state index contributed by atoms with van der Waals surface area (Å²) in [7, 11) is 0. The van der Waals surface area contributed by atoms with E-state index in [0.717, 1.165) is 40.3 Å². The maximum atomic E-state index is 6.40. The highest BCUT2D eigenvalue weighted by atomic mass is 35.5. The molecule has 20 heavy (non-hydrogen) atoms. The van der Waals surface area contributed by atoms with Gasteiger partial charge < -0.3 is 10.5 Å². The van der Waals surface area contributed by atoms with Gasteiger partial charge in [0.15, 0.2) is 0 Å². The van der Waals surface area contributed by atoms with Gasteiger partial charge in [-0.05, 0) is 37.0 Å². The minimum Gasteiger partial charge on any atom is -0.488 e. The van der Waals surface area contributed by atoms with Crippen LogP contribution in [0.5, 0.6) is 5.75 Å². The second-order valence-corrected chi connectivity index (χ2v) is 5.70. The molecule has 2 aromatic carbocycles. The second-order valence-electron chi connectivity index (χ2n) is 5.29. The fraction of sp³-hybridized carbons (Fsp3) is 0.294. The third-order valence-corrected chi connectivity index (χ3v) is 4.11. The van der Waals surface area contributed by atoms with Crippen LogP contribution in [-0.2, 0) is 6.42 Å². The Morgan fingerprint density at radius 1 is 1.25 bits per heavy atom. The van der Waals surface area contributed by atoms with Crippen molar-refractivity contribution in [3.05, 3.63) is 52.5 Å². The Morgan fingerprint density at radius 2 is 2.10 bits per heavy atom. The first-order chi connectivity index (χ1) is 9.69. The number of nitrogens with two attached hydrogens (primary N) is 1. The molecule has 0 unspecified atom stereocenters. The summed E-state index contributed by atoms with van der Waals surface area (Å²) < 4.78 is 6.07. The highest BCUT2D eigenvalue weighted by Gasteiger charge is 2.22. The normalized spacial score (nSPS) is 17.4. The fourth-order valence-corrected chi connectivity index (χ4v) is 3.02. The van der Waals surface area contributed by atoms with Crippen molar-refractivity contribution in [2.24, 2.45) is 5.73 Å². The van der Waals surface area contributed by atoms with Crippen molar-refractivity contribution in [3.8, 4) is 16.9 Å². The zero-order chi connectivity index (χ0) is 14.1. The van der Waals surface area contributed by atoms with Crippen LogP contribution in [0.1, 0.15) is 17.5 Å². The van der Waals surface area contributed by atoms with Gasteiger partial charge in [0.2, 0.25) is 0 Å². The summed E-state index contributed by atoms with van der Waals surface area (Å²) in [5, 5.41) is 0.761. The van der Waals surface area contributed by atoms with Crippen molar-refractivity contribution in [3.63, 3.8) is 0 Å². The molecule has 1 aliphatic rings. The Hall–Kier alpha value is -1.51. The minimum atomic E-state index is 0.105. The highest BCUT2D eigenvalue weighted by molar-refractivity contribution is 6.33. The Balaban J connectivity index is 2.10. The van der Waals surface area contributed by atoms with E-state index < -0.39 is 0 Å². The Kier molecular flexibility index (Phi) is 3.68. The van der Waals surface area contributed by atoms with Crippen LogP contribution in [0.3, 0.4) is 0 Å². The average Bonchev–Trinajstić information content (AvgIpc) is 2.46. The number of fused-ring (bicyclic) bond motifs is 1. The van der Waals surface area contributed by atoms with E-state index in [2.05, 4.69) is 30.3 Å². The maximum Gasteiger partial charge on any atom is 0.130 e. The standard InChI is InChI=1S/C17H18ClNO/c1-11-5-8-14(16(18)9-11)15-4-2-3-12-6-7-13(10-19)20-17(12)15/h2-5,8-9,13H,6-7,10,19H2,1H3/t13-/m1/s1. The molecule has 1 heterocycles. The van der Waals surface area contributed by atoms with Crippen LogP contribution in [0.15, 0.2) is 36.4 Å². The van der Waals surface area contributed by atoms with Crippen molar-refractivity contribution in [2.45, 2.75) is 25.9 Å². The second kappa shape index (κ2) is 5.47. The molecule has 1 atom stereocenters. The quantitative estimate of drug-likeness (QED) is 0.907. The number of para-hydroxylation sites is 1. The van der Waals surface area contributed by atoms with Crippen LogP contribution < -0.4 is 10.5 Å². The number of halogens is 1. The third kappa shape index (κ3) is 2.41. The van der Waals surface area contributed by atoms with Gasteiger partial charge >= 0.3 is 0 Å². The first-order valence-electron chi connectivity index (χ1n) is 6.94. The van der Waals surface area contributed by atoms with Crippen LogP contribution >= 0.6 is 11.6 Å². The van der Waals surface area contributed by atoms with Gasteiger partial charge in [-0.15, -0.1) is 0 Å². The number of hydrogen-bond donors (Lipinski definition) is 1. The lowest BCUT2D eigenvalue weighted by Gasteiger charge is -2.27. The van der Waals surface area contributed by atoms with Crippen LogP contribution in [0.4, 0.5) is 0 Å². The molecule has 2 aromatic rings. The molecule has 0 saturated carbocycles. The first-order valence-corrected chi connectivity index (χ1v) is 7.32. The molecule has 2 N–H and O–H groups in total. The molecule has 0 bridgehead atoms. The van der Waals surface area contributed by atoms with Crippen LogP contribution in [0.25, 0.3) is 11.1 Å². The van der Waals surface area contributed by atoms with E-state index in [0.29, 0.717) is 6.54 Å². The lowest BCUT2D eigenvalue weighted by Crippen LogP contribution is -2.30. The number of benzene rings is 2. The Labute approximate surface area is 124 Å². The molecule has 0 aromatic heterocycles. The molecule has 2 nitrogen and oxygen atoms in total. The third-order valence-electron chi connectivity index (χ3n) is 3.79. The number of aryl methyl sites for hydroxylation is 2. The largest absolute Gasteiger partial charge is 0.488 e. The van der Waals surface area contributed by atoms with E-state index in [4.69, 9.17) is 22.1 Å². The number of ether oxygens (including phenoxy) is 1. The molecule has 3 heteroatoms. The number of rotatable bonds is 2. The van der Waals surface area contributed by atoms with E-state index in [1.165, 1.54) is 5.56 Å². The van der Waals surface area contributed by atoms with Gasteiger partial charge in [0, 0.05) is 22.7 Å². The molecule has 1 aliphatic heterocycles. The van der Waals surface area contributed by atoms with Crippen molar-refractivity contribution >= 4 is 11.6 Å². The van der Waals surface area contributed by atoms with Gasteiger partial charge in [0.05, 0.1) is 0 Å². The summed E-state index contributed by atoms with van der Waals surface area (Å²) in [5.41, 5.74) is 10.2. The zero-order valence-corrected chi connectivity index (χ0v) is 12.3. The van der Waals surface area contributed by atoms with Gasteiger partial charge in [-0.25, -0.2) is 0 Å². The zero-order valence-electron chi connectivity index (χ0n) is 11.5. The first kappa shape index (κ1) is 13.5. The summed E-state index contributed by atoms with van der Waals surface area (Å²) in [6.45, 7) is 2.59. The van der Waals surface area contributed by atoms with E-state index in [1.807, 2.05) is 13.0 Å². The van der Waals surface area contributed by atoms with Crippen LogP contribution in [0.2, 0.25) is 5.02 Å². The lowest BCUT2D eigenvalue weighted by molar-refractivity contribution is 0.182. The maximum absolute atomic E-state index is 6.40. The molecule has 0 aliphatic carbocycles. The van der Waals surface area contributed by atoms with Crippen LogP contribution in [0, 0.1) is 6.92 Å². The molecule has 3 rings (SSSR count). The fourth-order valence-electron chi connectivity index (χ4n) is 2.68. The van der Waals surface area contributed by atoms with Crippen molar-refractivity contribution in [1.82, 2.24) is 0 Å². The number of hydrogen-bond acceptors (Lipinski definition) is 2. The molecule has 0 fully saturated rings. The molecule has 0 saturated heterocycles. The lowest BCUT2D eigenvalue weighted by atomic mass is 9.95. The molecule has 104 valence electrons. The molecular formula is C17H18ClNO. The van der Waals surface area contributed by atoms with Gasteiger partial charge in [0.25, 0.3) is 0 Å². The van der Waals surface area contributed by atoms with Gasteiger partial charge in [0.1, 0.15) is 11.9 Å². The van der Waals surface area contributed by atoms with E-state index >= 15 is 0 Å². The van der Waals surface area contributed by atoms with Crippen molar-refractivity contribution in [1.29, 1.82) is 0 Å². The SMILES string of the molecule is Cc1ccc(-c2cccc3c2O[C@@H](CN)CC3)c(Cl)c1. The smallest absolute Gasteiger partial charge is 0.130 e. The molecule has 0 radical (unpaired) electrons. The summed E-state index contributed by atoms with van der Waals surface area (Å²) in [4.78, 5) is 0. The van der Waals surface area contributed by atoms with Crippen LogP contribution in [-0.4, -0.2) is 12.6 Å². The van der Waals surface area contributed by atoms with E-state index in [-0.39, 0.29) is 6.10 Å². The van der Waals surface area contributed by atoms with Crippen molar-refractivity contribution in [2.75, 3.05) is 6.54 Å². The monoisotopic (exact) mass is 287 g/mol.